The topological polar surface area (TPSA) is 39.2 Å². The van der Waals surface area contributed by atoms with Crippen molar-refractivity contribution in [3.63, 3.8) is 0 Å². The van der Waals surface area contributed by atoms with Crippen molar-refractivity contribution in [3.8, 4) is 0 Å². The first-order valence-corrected chi connectivity index (χ1v) is 5.59. The highest BCUT2D eigenvalue weighted by Gasteiger charge is 2.11. The van der Waals surface area contributed by atoms with Gasteiger partial charge in [-0.3, -0.25) is 4.98 Å². The number of aromatic nitrogens is 1. The van der Waals surface area contributed by atoms with Gasteiger partial charge in [0.1, 0.15) is 0 Å². The van der Waals surface area contributed by atoms with E-state index in [-0.39, 0.29) is 5.97 Å². The first-order valence-electron chi connectivity index (χ1n) is 5.59. The molecule has 0 radical (unpaired) electrons. The molecule has 0 fully saturated rings. The normalized spacial score (nSPS) is 10.8. The molecule has 0 bridgehead atoms. The number of carbonyl (C=O) groups is 1. The molecule has 0 N–H and O–H groups in total. The Labute approximate surface area is 100 Å². The number of nitrogens with zero attached hydrogens (tertiary/aromatic N) is 1. The van der Waals surface area contributed by atoms with E-state index in [1.165, 1.54) is 12.7 Å². The van der Waals surface area contributed by atoms with Crippen LogP contribution in [-0.4, -0.2) is 18.1 Å². The fourth-order valence-corrected chi connectivity index (χ4v) is 1.81. The van der Waals surface area contributed by atoms with Crippen molar-refractivity contribution in [1.82, 2.24) is 4.98 Å². The lowest BCUT2D eigenvalue weighted by molar-refractivity contribution is 0.0602. The average Bonchev–Trinajstić information content (AvgIpc) is 2.36. The highest BCUT2D eigenvalue weighted by Crippen LogP contribution is 2.23. The van der Waals surface area contributed by atoms with Crippen molar-refractivity contribution in [1.29, 1.82) is 0 Å². The lowest BCUT2D eigenvalue weighted by Gasteiger charge is -2.09. The Morgan fingerprint density at radius 2 is 2.06 bits per heavy atom. The monoisotopic (exact) mass is 229 g/mol. The minimum atomic E-state index is -0.344. The molecule has 0 aliphatic heterocycles. The van der Waals surface area contributed by atoms with Gasteiger partial charge in [0.25, 0.3) is 0 Å². The summed E-state index contributed by atoms with van der Waals surface area (Å²) in [6, 6.07) is 6.09. The summed E-state index contributed by atoms with van der Waals surface area (Å²) in [5.74, 6) is 0.0852. The maximum Gasteiger partial charge on any atom is 0.340 e. The van der Waals surface area contributed by atoms with Crippen LogP contribution in [0.25, 0.3) is 10.8 Å². The zero-order chi connectivity index (χ0) is 12.4. The molecule has 1 aromatic heterocycles. The Morgan fingerprint density at radius 3 is 2.71 bits per heavy atom. The summed E-state index contributed by atoms with van der Waals surface area (Å²) in [5.41, 5.74) is 1.72. The zero-order valence-electron chi connectivity index (χ0n) is 10.2. The Morgan fingerprint density at radius 1 is 1.29 bits per heavy atom. The molecular formula is C14H15NO2. The maximum absolute atomic E-state index is 11.6. The number of methoxy groups -OCH3 is 1. The third-order valence-electron chi connectivity index (χ3n) is 2.86. The summed E-state index contributed by atoms with van der Waals surface area (Å²) in [6.07, 6.45) is 3.31. The molecule has 0 spiro atoms. The zero-order valence-corrected chi connectivity index (χ0v) is 10.2. The van der Waals surface area contributed by atoms with Crippen LogP contribution in [0.15, 0.2) is 30.6 Å². The molecule has 3 nitrogen and oxygen atoms in total. The fraction of sp³-hybridized carbons (Fsp3) is 0.286. The van der Waals surface area contributed by atoms with Crippen LogP contribution in [-0.2, 0) is 4.74 Å². The lowest BCUT2D eigenvalue weighted by Crippen LogP contribution is -2.03. The third kappa shape index (κ3) is 2.13. The van der Waals surface area contributed by atoms with Crippen LogP contribution in [0.1, 0.15) is 35.7 Å². The quantitative estimate of drug-likeness (QED) is 0.742. The minimum Gasteiger partial charge on any atom is -0.465 e. The smallest absolute Gasteiger partial charge is 0.340 e. The molecule has 1 aromatic carbocycles. The molecule has 0 unspecified atom stereocenters. The average molecular weight is 229 g/mol. The first kappa shape index (κ1) is 11.6. The number of carbonyl (C=O) groups excluding carboxylic acids is 1. The van der Waals surface area contributed by atoms with Crippen molar-refractivity contribution in [2.75, 3.05) is 7.11 Å². The summed E-state index contributed by atoms with van der Waals surface area (Å²) in [6.45, 7) is 4.25. The summed E-state index contributed by atoms with van der Waals surface area (Å²) in [4.78, 5) is 15.7. The van der Waals surface area contributed by atoms with Crippen LogP contribution < -0.4 is 0 Å². The molecule has 0 saturated carbocycles. The van der Waals surface area contributed by atoms with E-state index in [4.69, 9.17) is 4.74 Å². The van der Waals surface area contributed by atoms with E-state index >= 15 is 0 Å². The van der Waals surface area contributed by atoms with Crippen LogP contribution >= 0.6 is 0 Å². The van der Waals surface area contributed by atoms with E-state index < -0.39 is 0 Å². The van der Waals surface area contributed by atoms with Crippen molar-refractivity contribution in [2.45, 2.75) is 19.8 Å². The van der Waals surface area contributed by atoms with E-state index in [9.17, 15) is 4.79 Å². The second kappa shape index (κ2) is 4.53. The number of ether oxygens (including phenoxy) is 1. The molecule has 2 rings (SSSR count). The van der Waals surface area contributed by atoms with Gasteiger partial charge in [0.05, 0.1) is 12.7 Å². The van der Waals surface area contributed by atoms with Gasteiger partial charge in [-0.15, -0.1) is 0 Å². The minimum absolute atomic E-state index is 0.344. The van der Waals surface area contributed by atoms with Crippen molar-refractivity contribution in [3.05, 3.63) is 41.7 Å². The van der Waals surface area contributed by atoms with Crippen LogP contribution in [0.2, 0.25) is 0 Å². The molecule has 0 aliphatic rings. The van der Waals surface area contributed by atoms with E-state index in [0.29, 0.717) is 11.5 Å². The largest absolute Gasteiger partial charge is 0.465 e. The fourth-order valence-electron chi connectivity index (χ4n) is 1.81. The van der Waals surface area contributed by atoms with Crippen LogP contribution in [0, 0.1) is 0 Å². The van der Waals surface area contributed by atoms with Crippen molar-refractivity contribution in [2.24, 2.45) is 0 Å². The van der Waals surface area contributed by atoms with Gasteiger partial charge in [-0.2, -0.15) is 0 Å². The van der Waals surface area contributed by atoms with Gasteiger partial charge >= 0.3 is 5.97 Å². The Hall–Kier alpha value is -1.90. The van der Waals surface area contributed by atoms with Gasteiger partial charge in [-0.25, -0.2) is 4.79 Å². The summed E-state index contributed by atoms with van der Waals surface area (Å²) in [7, 11) is 1.38. The van der Waals surface area contributed by atoms with Gasteiger partial charge in [-0.05, 0) is 22.9 Å². The van der Waals surface area contributed by atoms with Gasteiger partial charge in [0.2, 0.25) is 0 Å². The van der Waals surface area contributed by atoms with Crippen LogP contribution in [0.4, 0.5) is 0 Å². The highest BCUT2D eigenvalue weighted by molar-refractivity contribution is 6.04. The van der Waals surface area contributed by atoms with E-state index in [0.717, 1.165) is 10.8 Å². The predicted molar refractivity (Wildman–Crippen MR) is 67.2 cm³/mol. The third-order valence-corrected chi connectivity index (χ3v) is 2.86. The molecule has 2 aromatic rings. The highest BCUT2D eigenvalue weighted by atomic mass is 16.5. The Kier molecular flexibility index (Phi) is 3.09. The van der Waals surface area contributed by atoms with E-state index in [2.05, 4.69) is 24.9 Å². The Bertz CT molecular complexity index is 561. The number of benzene rings is 1. The molecule has 17 heavy (non-hydrogen) atoms. The number of hydrogen-bond donors (Lipinski definition) is 0. The second-order valence-electron chi connectivity index (χ2n) is 4.31. The SMILES string of the molecule is COC(=O)c1cncc2ccc(C(C)C)cc12. The van der Waals surface area contributed by atoms with Crippen molar-refractivity contribution < 1.29 is 9.53 Å². The van der Waals surface area contributed by atoms with E-state index in [1.54, 1.807) is 12.4 Å². The predicted octanol–water partition coefficient (Wildman–Crippen LogP) is 3.14. The number of hydrogen-bond acceptors (Lipinski definition) is 3. The number of pyridine rings is 1. The maximum atomic E-state index is 11.6. The van der Waals surface area contributed by atoms with Crippen LogP contribution in [0.5, 0.6) is 0 Å². The summed E-state index contributed by atoms with van der Waals surface area (Å²) < 4.78 is 4.77. The summed E-state index contributed by atoms with van der Waals surface area (Å²) in [5, 5.41) is 1.86. The Balaban J connectivity index is 2.68. The molecule has 1 heterocycles. The van der Waals surface area contributed by atoms with Gasteiger partial charge in [0.15, 0.2) is 0 Å². The molecule has 0 saturated heterocycles. The molecular weight excluding hydrogens is 214 g/mol. The number of esters is 1. The molecule has 0 amide bonds. The molecule has 88 valence electrons. The first-order chi connectivity index (χ1) is 8.13. The van der Waals surface area contributed by atoms with E-state index in [1.807, 2.05) is 12.1 Å². The van der Waals surface area contributed by atoms with Gasteiger partial charge < -0.3 is 4.74 Å². The van der Waals surface area contributed by atoms with Crippen molar-refractivity contribution >= 4 is 16.7 Å². The molecule has 0 atom stereocenters. The summed E-state index contributed by atoms with van der Waals surface area (Å²) >= 11 is 0. The standard InChI is InChI=1S/C14H15NO2/c1-9(2)10-4-5-11-7-15-8-13(12(11)6-10)14(16)17-3/h4-9H,1-3H3. The lowest BCUT2D eigenvalue weighted by atomic mass is 9.98. The number of rotatable bonds is 2. The molecule has 0 aliphatic carbocycles. The van der Waals surface area contributed by atoms with Gasteiger partial charge in [-0.1, -0.05) is 26.0 Å². The van der Waals surface area contributed by atoms with Gasteiger partial charge in [0, 0.05) is 17.8 Å². The number of fused-ring (bicyclic) bond motifs is 1. The molecule has 3 heteroatoms. The second-order valence-corrected chi connectivity index (χ2v) is 4.31. The van der Waals surface area contributed by atoms with Crippen LogP contribution in [0.3, 0.4) is 0 Å².